The number of nitro benzene ring substituents is 1. The lowest BCUT2D eigenvalue weighted by Crippen LogP contribution is -1.97. The third kappa shape index (κ3) is 2.41. The van der Waals surface area contributed by atoms with E-state index in [-0.39, 0.29) is 5.69 Å². The maximum Gasteiger partial charge on any atom is 0.270 e. The molecule has 1 aromatic heterocycles. The Morgan fingerprint density at radius 1 is 1.41 bits per heavy atom. The molecule has 0 saturated heterocycles. The van der Waals surface area contributed by atoms with E-state index in [0.29, 0.717) is 9.99 Å². The molecular weight excluding hydrogens is 286 g/mol. The Labute approximate surface area is 106 Å². The maximum absolute atomic E-state index is 10.7. The number of fused-ring (bicyclic) bond motifs is 1. The van der Waals surface area contributed by atoms with Gasteiger partial charge in [-0.25, -0.2) is 9.97 Å². The van der Waals surface area contributed by atoms with Crippen LogP contribution in [0.5, 0.6) is 0 Å². The van der Waals surface area contributed by atoms with Crippen molar-refractivity contribution in [1.82, 2.24) is 9.97 Å². The van der Waals surface area contributed by atoms with Gasteiger partial charge in [-0.3, -0.25) is 10.1 Å². The molecule has 0 N–H and O–H groups in total. The Morgan fingerprint density at radius 2 is 2.18 bits per heavy atom. The zero-order valence-corrected chi connectivity index (χ0v) is 10.8. The molecule has 17 heavy (non-hydrogen) atoms. The van der Waals surface area contributed by atoms with Gasteiger partial charge in [0.25, 0.3) is 5.69 Å². The maximum atomic E-state index is 10.7. The molecule has 0 bridgehead atoms. The molecule has 88 valence electrons. The zero-order valence-electron chi connectivity index (χ0n) is 9.18. The molecule has 0 unspecified atom stereocenters. The summed E-state index contributed by atoms with van der Waals surface area (Å²) in [7, 11) is 0. The van der Waals surface area contributed by atoms with Gasteiger partial charge >= 0.3 is 0 Å². The second-order valence-electron chi connectivity index (χ2n) is 3.64. The number of halogens is 1. The third-order valence-corrected chi connectivity index (χ3v) is 2.97. The SMILES string of the molecule is CCCc1nc(Br)c2cc([N+](=O)[O-])ccc2n1. The van der Waals surface area contributed by atoms with Crippen LogP contribution >= 0.6 is 15.9 Å². The van der Waals surface area contributed by atoms with Crippen LogP contribution in [0, 0.1) is 10.1 Å². The average molecular weight is 296 g/mol. The quantitative estimate of drug-likeness (QED) is 0.495. The summed E-state index contributed by atoms with van der Waals surface area (Å²) in [6.07, 6.45) is 1.76. The molecule has 0 fully saturated rings. The van der Waals surface area contributed by atoms with E-state index in [1.165, 1.54) is 12.1 Å². The minimum Gasteiger partial charge on any atom is -0.258 e. The Morgan fingerprint density at radius 3 is 2.82 bits per heavy atom. The van der Waals surface area contributed by atoms with E-state index in [4.69, 9.17) is 0 Å². The molecule has 0 amide bonds. The topological polar surface area (TPSA) is 68.9 Å². The van der Waals surface area contributed by atoms with E-state index in [1.807, 2.05) is 0 Å². The van der Waals surface area contributed by atoms with Crippen molar-refractivity contribution in [3.63, 3.8) is 0 Å². The highest BCUT2D eigenvalue weighted by Crippen LogP contribution is 2.25. The first-order valence-corrected chi connectivity index (χ1v) is 6.01. The summed E-state index contributed by atoms with van der Waals surface area (Å²) >= 11 is 3.33. The molecule has 0 radical (unpaired) electrons. The van der Waals surface area contributed by atoms with Gasteiger partial charge < -0.3 is 0 Å². The van der Waals surface area contributed by atoms with Gasteiger partial charge in [-0.15, -0.1) is 0 Å². The van der Waals surface area contributed by atoms with Crippen LogP contribution in [0.2, 0.25) is 0 Å². The highest BCUT2D eigenvalue weighted by atomic mass is 79.9. The average Bonchev–Trinajstić information content (AvgIpc) is 2.29. The van der Waals surface area contributed by atoms with Crippen molar-refractivity contribution in [2.24, 2.45) is 0 Å². The van der Waals surface area contributed by atoms with Crippen LogP contribution in [-0.2, 0) is 6.42 Å². The van der Waals surface area contributed by atoms with Crippen LogP contribution in [0.25, 0.3) is 10.9 Å². The Hall–Kier alpha value is -1.56. The third-order valence-electron chi connectivity index (χ3n) is 2.36. The molecule has 2 aromatic rings. The Balaban J connectivity index is 2.60. The molecule has 0 aliphatic rings. The van der Waals surface area contributed by atoms with Crippen molar-refractivity contribution in [1.29, 1.82) is 0 Å². The molecular formula is C11H10BrN3O2. The fourth-order valence-corrected chi connectivity index (χ4v) is 2.10. The van der Waals surface area contributed by atoms with Crippen LogP contribution in [0.4, 0.5) is 5.69 Å². The minimum atomic E-state index is -0.425. The van der Waals surface area contributed by atoms with Crippen LogP contribution < -0.4 is 0 Å². The van der Waals surface area contributed by atoms with Gasteiger partial charge in [-0.2, -0.15) is 0 Å². The summed E-state index contributed by atoms with van der Waals surface area (Å²) in [6.45, 7) is 2.05. The Kier molecular flexibility index (Phi) is 3.33. The van der Waals surface area contributed by atoms with Crippen molar-refractivity contribution in [2.45, 2.75) is 19.8 Å². The predicted molar refractivity (Wildman–Crippen MR) is 67.9 cm³/mol. The molecule has 2 rings (SSSR count). The van der Waals surface area contributed by atoms with Crippen molar-refractivity contribution < 1.29 is 4.92 Å². The number of benzene rings is 1. The number of rotatable bonds is 3. The van der Waals surface area contributed by atoms with Gasteiger partial charge in [-0.1, -0.05) is 6.92 Å². The normalized spacial score (nSPS) is 10.7. The van der Waals surface area contributed by atoms with Crippen LogP contribution in [0.15, 0.2) is 22.8 Å². The molecule has 1 heterocycles. The monoisotopic (exact) mass is 295 g/mol. The first-order chi connectivity index (χ1) is 8.11. The molecule has 6 heteroatoms. The Bertz CT molecular complexity index is 586. The fraction of sp³-hybridized carbons (Fsp3) is 0.273. The number of hydrogen-bond donors (Lipinski definition) is 0. The van der Waals surface area contributed by atoms with Crippen LogP contribution in [0.3, 0.4) is 0 Å². The summed E-state index contributed by atoms with van der Waals surface area (Å²) in [5.41, 5.74) is 0.769. The lowest BCUT2D eigenvalue weighted by molar-refractivity contribution is -0.384. The van der Waals surface area contributed by atoms with Crippen molar-refractivity contribution in [3.05, 3.63) is 38.7 Å². The second kappa shape index (κ2) is 4.75. The predicted octanol–water partition coefficient (Wildman–Crippen LogP) is 3.25. The molecule has 5 nitrogen and oxygen atoms in total. The lowest BCUT2D eigenvalue weighted by Gasteiger charge is -2.03. The summed E-state index contributed by atoms with van der Waals surface area (Å²) in [6, 6.07) is 4.59. The largest absolute Gasteiger partial charge is 0.270 e. The standard InChI is InChI=1S/C11H10BrN3O2/c1-2-3-10-13-9-5-4-7(15(16)17)6-8(9)11(12)14-10/h4-6H,2-3H2,1H3. The van der Waals surface area contributed by atoms with Crippen molar-refractivity contribution >= 4 is 32.5 Å². The summed E-state index contributed by atoms with van der Waals surface area (Å²) < 4.78 is 0.606. The van der Waals surface area contributed by atoms with Crippen molar-refractivity contribution in [3.8, 4) is 0 Å². The number of nitro groups is 1. The van der Waals surface area contributed by atoms with Gasteiger partial charge in [0, 0.05) is 23.9 Å². The van der Waals surface area contributed by atoms with Gasteiger partial charge in [0.2, 0.25) is 0 Å². The van der Waals surface area contributed by atoms with Gasteiger partial charge in [0.1, 0.15) is 10.4 Å². The van der Waals surface area contributed by atoms with Gasteiger partial charge in [0.05, 0.1) is 10.4 Å². The number of aryl methyl sites for hydroxylation is 1. The number of nitrogens with zero attached hydrogens (tertiary/aromatic N) is 3. The summed E-state index contributed by atoms with van der Waals surface area (Å²) in [4.78, 5) is 18.9. The van der Waals surface area contributed by atoms with Gasteiger partial charge in [-0.05, 0) is 28.4 Å². The highest BCUT2D eigenvalue weighted by molar-refractivity contribution is 9.10. The summed E-state index contributed by atoms with van der Waals surface area (Å²) in [5, 5.41) is 11.3. The van der Waals surface area contributed by atoms with E-state index < -0.39 is 4.92 Å². The number of non-ortho nitro benzene ring substituents is 1. The molecule has 1 aromatic carbocycles. The highest BCUT2D eigenvalue weighted by Gasteiger charge is 2.11. The summed E-state index contributed by atoms with van der Waals surface area (Å²) in [5.74, 6) is 0.751. The van der Waals surface area contributed by atoms with E-state index in [0.717, 1.165) is 24.2 Å². The van der Waals surface area contributed by atoms with E-state index >= 15 is 0 Å². The van der Waals surface area contributed by atoms with E-state index in [2.05, 4.69) is 32.8 Å². The molecule has 0 spiro atoms. The van der Waals surface area contributed by atoms with E-state index in [1.54, 1.807) is 6.07 Å². The second-order valence-corrected chi connectivity index (χ2v) is 4.39. The van der Waals surface area contributed by atoms with E-state index in [9.17, 15) is 10.1 Å². The van der Waals surface area contributed by atoms with Gasteiger partial charge in [0.15, 0.2) is 0 Å². The smallest absolute Gasteiger partial charge is 0.258 e. The van der Waals surface area contributed by atoms with Crippen LogP contribution in [0.1, 0.15) is 19.2 Å². The first-order valence-electron chi connectivity index (χ1n) is 5.22. The molecule has 0 saturated carbocycles. The minimum absolute atomic E-state index is 0.0463. The fourth-order valence-electron chi connectivity index (χ4n) is 1.57. The molecule has 0 atom stereocenters. The number of aromatic nitrogens is 2. The first kappa shape index (κ1) is 11.9. The molecule has 0 aliphatic heterocycles. The van der Waals surface area contributed by atoms with Crippen LogP contribution in [-0.4, -0.2) is 14.9 Å². The molecule has 0 aliphatic carbocycles. The zero-order chi connectivity index (χ0) is 12.4. The van der Waals surface area contributed by atoms with Crippen molar-refractivity contribution in [2.75, 3.05) is 0 Å². The number of hydrogen-bond acceptors (Lipinski definition) is 4. The lowest BCUT2D eigenvalue weighted by atomic mass is 10.2.